The largest absolute Gasteiger partial charge is 0.341 e. The second-order valence-corrected chi connectivity index (χ2v) is 6.54. The zero-order chi connectivity index (χ0) is 12.3. The number of piperidine rings is 1. The van der Waals surface area contributed by atoms with Gasteiger partial charge < -0.3 is 4.98 Å². The van der Waals surface area contributed by atoms with E-state index in [2.05, 4.69) is 51.1 Å². The molecule has 18 heavy (non-hydrogen) atoms. The Labute approximate surface area is 115 Å². The lowest BCUT2D eigenvalue weighted by atomic mass is 9.98. The predicted octanol–water partition coefficient (Wildman–Crippen LogP) is 3.48. The molecule has 2 aromatic rings. The second kappa shape index (κ2) is 3.81. The zero-order valence-corrected chi connectivity index (χ0v) is 11.9. The van der Waals surface area contributed by atoms with Crippen LogP contribution < -0.4 is 0 Å². The van der Waals surface area contributed by atoms with E-state index in [0.29, 0.717) is 6.04 Å². The maximum atomic E-state index is 4.79. The molecule has 1 saturated carbocycles. The Kier molecular flexibility index (Phi) is 2.33. The van der Waals surface area contributed by atoms with Crippen molar-refractivity contribution in [3.8, 4) is 0 Å². The van der Waals surface area contributed by atoms with Crippen LogP contribution >= 0.6 is 15.9 Å². The summed E-state index contributed by atoms with van der Waals surface area (Å²) in [4.78, 5) is 10.8. The molecule has 1 aromatic carbocycles. The minimum absolute atomic E-state index is 0.495. The fraction of sp³-hybridized carbons (Fsp3) is 0.500. The highest BCUT2D eigenvalue weighted by Crippen LogP contribution is 2.48. The summed E-state index contributed by atoms with van der Waals surface area (Å²) in [7, 11) is 2.25. The SMILES string of the molecule is CN1C(c2nc3ccc(Br)cc3[nH]2)C2CC[C@H]1C2. The zero-order valence-electron chi connectivity index (χ0n) is 10.4. The number of halogens is 1. The number of fused-ring (bicyclic) bond motifs is 3. The van der Waals surface area contributed by atoms with Crippen molar-refractivity contribution in [2.24, 2.45) is 5.92 Å². The Hall–Kier alpha value is -0.870. The highest BCUT2D eigenvalue weighted by Gasteiger charge is 2.45. The number of rotatable bonds is 1. The summed E-state index contributed by atoms with van der Waals surface area (Å²) in [6.07, 6.45) is 4.08. The number of hydrogen-bond acceptors (Lipinski definition) is 2. The molecule has 0 spiro atoms. The van der Waals surface area contributed by atoms with Crippen LogP contribution in [0.2, 0.25) is 0 Å². The molecule has 1 aromatic heterocycles. The summed E-state index contributed by atoms with van der Waals surface area (Å²) < 4.78 is 1.10. The summed E-state index contributed by atoms with van der Waals surface area (Å²) in [6.45, 7) is 0. The molecule has 1 aliphatic carbocycles. The average molecular weight is 306 g/mol. The van der Waals surface area contributed by atoms with Crippen molar-refractivity contribution in [2.45, 2.75) is 31.3 Å². The quantitative estimate of drug-likeness (QED) is 0.874. The first-order chi connectivity index (χ1) is 8.72. The van der Waals surface area contributed by atoms with Gasteiger partial charge in [0.2, 0.25) is 0 Å². The topological polar surface area (TPSA) is 31.9 Å². The highest BCUT2D eigenvalue weighted by atomic mass is 79.9. The fourth-order valence-corrected chi connectivity index (χ4v) is 4.13. The van der Waals surface area contributed by atoms with Gasteiger partial charge in [-0.15, -0.1) is 0 Å². The van der Waals surface area contributed by atoms with Crippen molar-refractivity contribution in [1.29, 1.82) is 0 Å². The number of likely N-dealkylation sites (tertiary alicyclic amines) is 1. The highest BCUT2D eigenvalue weighted by molar-refractivity contribution is 9.10. The minimum Gasteiger partial charge on any atom is -0.341 e. The molecule has 4 rings (SSSR count). The molecule has 1 saturated heterocycles. The van der Waals surface area contributed by atoms with Crippen LogP contribution in [-0.4, -0.2) is 28.0 Å². The Balaban J connectivity index is 1.78. The number of aromatic nitrogens is 2. The summed E-state index contributed by atoms with van der Waals surface area (Å²) in [5.74, 6) is 1.95. The van der Waals surface area contributed by atoms with Crippen molar-refractivity contribution in [1.82, 2.24) is 14.9 Å². The standard InChI is InChI=1S/C14H16BrN3/c1-18-10-4-2-8(6-10)13(18)14-16-11-5-3-9(15)7-12(11)17-14/h3,5,7-8,10,13H,2,4,6H2,1H3,(H,16,17)/t8?,10-,13?/m0/s1. The van der Waals surface area contributed by atoms with Crippen molar-refractivity contribution >= 4 is 27.0 Å². The predicted molar refractivity (Wildman–Crippen MR) is 75.4 cm³/mol. The third-order valence-electron chi connectivity index (χ3n) is 4.65. The van der Waals surface area contributed by atoms with Gasteiger partial charge in [-0.05, 0) is 50.4 Å². The Morgan fingerprint density at radius 2 is 2.28 bits per heavy atom. The molecule has 1 aliphatic heterocycles. The van der Waals surface area contributed by atoms with Crippen LogP contribution in [0.1, 0.15) is 31.1 Å². The van der Waals surface area contributed by atoms with Crippen molar-refractivity contribution in [3.63, 3.8) is 0 Å². The number of aromatic amines is 1. The molecule has 94 valence electrons. The van der Waals surface area contributed by atoms with Crippen molar-refractivity contribution in [2.75, 3.05) is 7.05 Å². The molecular weight excluding hydrogens is 290 g/mol. The number of hydrogen-bond donors (Lipinski definition) is 1. The van der Waals surface area contributed by atoms with Crippen LogP contribution in [0.4, 0.5) is 0 Å². The van der Waals surface area contributed by atoms with E-state index in [0.717, 1.165) is 33.3 Å². The van der Waals surface area contributed by atoms with Crippen molar-refractivity contribution < 1.29 is 0 Å². The number of nitrogens with one attached hydrogen (secondary N) is 1. The van der Waals surface area contributed by atoms with E-state index in [1.165, 1.54) is 19.3 Å². The number of H-pyrrole nitrogens is 1. The molecule has 2 aliphatic rings. The minimum atomic E-state index is 0.495. The maximum Gasteiger partial charge on any atom is 0.124 e. The third-order valence-corrected chi connectivity index (χ3v) is 5.14. The summed E-state index contributed by atoms with van der Waals surface area (Å²) in [5.41, 5.74) is 2.21. The van der Waals surface area contributed by atoms with E-state index in [1.54, 1.807) is 0 Å². The van der Waals surface area contributed by atoms with Crippen LogP contribution in [0.25, 0.3) is 11.0 Å². The third kappa shape index (κ3) is 1.48. The van der Waals surface area contributed by atoms with Crippen LogP contribution in [0.5, 0.6) is 0 Å². The van der Waals surface area contributed by atoms with Crippen molar-refractivity contribution in [3.05, 3.63) is 28.5 Å². The molecule has 2 unspecified atom stereocenters. The maximum absolute atomic E-state index is 4.79. The van der Waals surface area contributed by atoms with E-state index in [4.69, 9.17) is 4.98 Å². The molecule has 1 N–H and O–H groups in total. The van der Waals surface area contributed by atoms with Gasteiger partial charge in [-0.3, -0.25) is 4.90 Å². The van der Waals surface area contributed by atoms with E-state index < -0.39 is 0 Å². The number of nitrogens with zero attached hydrogens (tertiary/aromatic N) is 2. The number of benzene rings is 1. The van der Waals surface area contributed by atoms with Gasteiger partial charge in [0.25, 0.3) is 0 Å². The molecule has 0 radical (unpaired) electrons. The Morgan fingerprint density at radius 3 is 3.06 bits per heavy atom. The van der Waals surface area contributed by atoms with Gasteiger partial charge >= 0.3 is 0 Å². The summed E-state index contributed by atoms with van der Waals surface area (Å²) in [6, 6.07) is 7.51. The Morgan fingerprint density at radius 1 is 1.39 bits per heavy atom. The average Bonchev–Trinajstić information content (AvgIpc) is 3.00. The summed E-state index contributed by atoms with van der Waals surface area (Å²) in [5, 5.41) is 0. The molecule has 2 fully saturated rings. The van der Waals surface area contributed by atoms with Crippen LogP contribution in [0.3, 0.4) is 0 Å². The van der Waals surface area contributed by atoms with Gasteiger partial charge in [0, 0.05) is 10.5 Å². The first-order valence-electron chi connectivity index (χ1n) is 6.59. The molecule has 2 heterocycles. The molecular formula is C14H16BrN3. The summed E-state index contributed by atoms with van der Waals surface area (Å²) >= 11 is 3.51. The molecule has 2 bridgehead atoms. The Bertz CT molecular complexity index is 604. The first kappa shape index (κ1) is 11.0. The van der Waals surface area contributed by atoms with Gasteiger partial charge in [-0.1, -0.05) is 15.9 Å². The van der Waals surface area contributed by atoms with Gasteiger partial charge in [0.1, 0.15) is 5.82 Å². The van der Waals surface area contributed by atoms with E-state index in [-0.39, 0.29) is 0 Å². The van der Waals surface area contributed by atoms with E-state index in [1.807, 2.05) is 0 Å². The molecule has 3 nitrogen and oxygen atoms in total. The lowest BCUT2D eigenvalue weighted by Crippen LogP contribution is -2.31. The second-order valence-electron chi connectivity index (χ2n) is 5.62. The normalized spacial score (nSPS) is 31.6. The fourth-order valence-electron chi connectivity index (χ4n) is 3.77. The lowest BCUT2D eigenvalue weighted by molar-refractivity contribution is 0.171. The van der Waals surface area contributed by atoms with Gasteiger partial charge in [-0.25, -0.2) is 4.98 Å². The molecule has 0 amide bonds. The van der Waals surface area contributed by atoms with E-state index >= 15 is 0 Å². The smallest absolute Gasteiger partial charge is 0.124 e. The van der Waals surface area contributed by atoms with Crippen LogP contribution in [-0.2, 0) is 0 Å². The van der Waals surface area contributed by atoms with Crippen LogP contribution in [0, 0.1) is 5.92 Å². The van der Waals surface area contributed by atoms with Gasteiger partial charge in [0.05, 0.1) is 17.1 Å². The molecule has 4 heteroatoms. The van der Waals surface area contributed by atoms with Crippen LogP contribution in [0.15, 0.2) is 22.7 Å². The first-order valence-corrected chi connectivity index (χ1v) is 7.39. The van der Waals surface area contributed by atoms with Gasteiger partial charge in [-0.2, -0.15) is 0 Å². The molecule has 3 atom stereocenters. The van der Waals surface area contributed by atoms with E-state index in [9.17, 15) is 0 Å². The number of imidazole rings is 1. The van der Waals surface area contributed by atoms with Gasteiger partial charge in [0.15, 0.2) is 0 Å². The lowest BCUT2D eigenvalue weighted by Gasteiger charge is -2.30. The monoisotopic (exact) mass is 305 g/mol.